The average molecular weight is 349 g/mol. The van der Waals surface area contributed by atoms with E-state index in [-0.39, 0.29) is 4.90 Å². The molecule has 1 aromatic carbocycles. The number of anilines is 1. The summed E-state index contributed by atoms with van der Waals surface area (Å²) in [6.07, 6.45) is 0. The summed E-state index contributed by atoms with van der Waals surface area (Å²) in [5.74, 6) is 1.28. The number of nitrogens with zero attached hydrogens (tertiary/aromatic N) is 2. The van der Waals surface area contributed by atoms with E-state index in [4.69, 9.17) is 4.42 Å². The van der Waals surface area contributed by atoms with Crippen LogP contribution in [0.4, 0.5) is 5.13 Å². The lowest BCUT2D eigenvalue weighted by Gasteiger charge is -2.06. The van der Waals surface area contributed by atoms with Crippen LogP contribution in [0.3, 0.4) is 0 Å². The van der Waals surface area contributed by atoms with Gasteiger partial charge in [0.15, 0.2) is 11.0 Å². The van der Waals surface area contributed by atoms with Crippen LogP contribution in [0.25, 0.3) is 11.3 Å². The van der Waals surface area contributed by atoms with Crippen molar-refractivity contribution in [2.24, 2.45) is 0 Å². The average Bonchev–Trinajstić information content (AvgIpc) is 3.04. The summed E-state index contributed by atoms with van der Waals surface area (Å²) >= 11 is 1.25. The van der Waals surface area contributed by atoms with Gasteiger partial charge in [-0.05, 0) is 26.0 Å². The molecule has 0 amide bonds. The molecule has 2 aromatic heterocycles. The minimum Gasteiger partial charge on any atom is -0.446 e. The zero-order valence-electron chi connectivity index (χ0n) is 12.8. The molecule has 0 aliphatic carbocycles. The van der Waals surface area contributed by atoms with Crippen molar-refractivity contribution >= 4 is 26.5 Å². The van der Waals surface area contributed by atoms with E-state index in [0.717, 1.165) is 17.0 Å². The van der Waals surface area contributed by atoms with E-state index in [9.17, 15) is 8.42 Å². The zero-order chi connectivity index (χ0) is 16.6. The largest absolute Gasteiger partial charge is 0.446 e. The Kier molecular flexibility index (Phi) is 3.95. The van der Waals surface area contributed by atoms with Gasteiger partial charge in [-0.25, -0.2) is 18.4 Å². The number of nitrogens with one attached hydrogen (secondary N) is 1. The minimum absolute atomic E-state index is 0.173. The van der Waals surface area contributed by atoms with Gasteiger partial charge < -0.3 is 4.42 Å². The van der Waals surface area contributed by atoms with Crippen molar-refractivity contribution < 1.29 is 12.8 Å². The van der Waals surface area contributed by atoms with E-state index < -0.39 is 10.0 Å². The highest BCUT2D eigenvalue weighted by atomic mass is 32.2. The molecule has 3 rings (SSSR count). The fraction of sp³-hybridized carbons (Fsp3) is 0.200. The summed E-state index contributed by atoms with van der Waals surface area (Å²) in [4.78, 5) is 8.58. The summed E-state index contributed by atoms with van der Waals surface area (Å²) in [6, 6.07) is 6.51. The normalized spacial score (nSPS) is 11.6. The molecule has 6 nitrogen and oxygen atoms in total. The number of hydrogen-bond donors (Lipinski definition) is 1. The molecule has 120 valence electrons. The van der Waals surface area contributed by atoms with Gasteiger partial charge in [-0.15, -0.1) is 11.3 Å². The summed E-state index contributed by atoms with van der Waals surface area (Å²) < 4.78 is 32.6. The monoisotopic (exact) mass is 349 g/mol. The molecule has 0 saturated carbocycles. The fourth-order valence-electron chi connectivity index (χ4n) is 2.16. The van der Waals surface area contributed by atoms with Crippen molar-refractivity contribution in [2.75, 3.05) is 4.72 Å². The van der Waals surface area contributed by atoms with E-state index in [1.165, 1.54) is 11.3 Å². The number of sulfonamides is 1. The first-order chi connectivity index (χ1) is 10.8. The lowest BCUT2D eigenvalue weighted by Crippen LogP contribution is -2.12. The Hall–Kier alpha value is -2.19. The van der Waals surface area contributed by atoms with E-state index in [0.29, 0.717) is 16.8 Å². The molecule has 2 heterocycles. The van der Waals surface area contributed by atoms with Gasteiger partial charge in [0, 0.05) is 17.9 Å². The Morgan fingerprint density at radius 1 is 1.09 bits per heavy atom. The second kappa shape index (κ2) is 5.78. The number of aromatic nitrogens is 2. The van der Waals surface area contributed by atoms with Crippen molar-refractivity contribution in [1.29, 1.82) is 0 Å². The standard InChI is InChI=1S/C15H15N3O3S2/c1-9-8-22-15(16-9)18-23(19,20)13-6-4-12(5-7-13)14-10(2)21-11(3)17-14/h4-8H,1-3H3,(H,16,18). The van der Waals surface area contributed by atoms with E-state index >= 15 is 0 Å². The quantitative estimate of drug-likeness (QED) is 0.779. The Labute approximate surface area is 138 Å². The molecular weight excluding hydrogens is 334 g/mol. The number of hydrogen-bond acceptors (Lipinski definition) is 6. The molecule has 0 saturated heterocycles. The molecular formula is C15H15N3O3S2. The minimum atomic E-state index is -3.65. The topological polar surface area (TPSA) is 85.1 Å². The second-order valence-electron chi connectivity index (χ2n) is 5.06. The lowest BCUT2D eigenvalue weighted by molar-refractivity contribution is 0.495. The van der Waals surface area contributed by atoms with Crippen LogP contribution in [-0.4, -0.2) is 18.4 Å². The molecule has 0 atom stereocenters. The molecule has 0 fully saturated rings. The molecule has 0 bridgehead atoms. The van der Waals surface area contributed by atoms with Gasteiger partial charge in [-0.3, -0.25) is 4.72 Å². The number of rotatable bonds is 4. The fourth-order valence-corrected chi connectivity index (χ4v) is 4.10. The first-order valence-electron chi connectivity index (χ1n) is 6.84. The summed E-state index contributed by atoms with van der Waals surface area (Å²) in [7, 11) is -3.65. The summed E-state index contributed by atoms with van der Waals surface area (Å²) in [6.45, 7) is 5.41. The van der Waals surface area contributed by atoms with Crippen LogP contribution in [0.1, 0.15) is 17.3 Å². The lowest BCUT2D eigenvalue weighted by atomic mass is 10.1. The number of aryl methyl sites for hydroxylation is 3. The highest BCUT2D eigenvalue weighted by Crippen LogP contribution is 2.25. The molecule has 0 unspecified atom stereocenters. The van der Waals surface area contributed by atoms with Gasteiger partial charge in [0.05, 0.1) is 10.6 Å². The van der Waals surface area contributed by atoms with Gasteiger partial charge in [-0.1, -0.05) is 12.1 Å². The molecule has 0 aliphatic heterocycles. The Morgan fingerprint density at radius 2 is 1.78 bits per heavy atom. The first kappa shape index (κ1) is 15.7. The molecule has 0 aliphatic rings. The summed E-state index contributed by atoms with van der Waals surface area (Å²) in [5.41, 5.74) is 2.30. The molecule has 1 N–H and O–H groups in total. The highest BCUT2D eigenvalue weighted by Gasteiger charge is 2.17. The maximum absolute atomic E-state index is 12.4. The third kappa shape index (κ3) is 3.27. The van der Waals surface area contributed by atoms with Crippen LogP contribution in [0.2, 0.25) is 0 Å². The van der Waals surface area contributed by atoms with Crippen molar-refractivity contribution in [1.82, 2.24) is 9.97 Å². The third-order valence-corrected chi connectivity index (χ3v) is 5.54. The van der Waals surface area contributed by atoms with Crippen molar-refractivity contribution in [3.05, 3.63) is 47.0 Å². The third-order valence-electron chi connectivity index (χ3n) is 3.18. The predicted octanol–water partition coefficient (Wildman–Crippen LogP) is 3.52. The maximum Gasteiger partial charge on any atom is 0.263 e. The van der Waals surface area contributed by atoms with Gasteiger partial charge in [0.25, 0.3) is 10.0 Å². The Morgan fingerprint density at radius 3 is 2.30 bits per heavy atom. The SMILES string of the molecule is Cc1csc(NS(=O)(=O)c2ccc(-c3nc(C)oc3C)cc2)n1. The number of thiazole rings is 1. The molecule has 3 aromatic rings. The number of oxazole rings is 1. The maximum atomic E-state index is 12.4. The van der Waals surface area contributed by atoms with Crippen molar-refractivity contribution in [3.8, 4) is 11.3 Å². The van der Waals surface area contributed by atoms with Gasteiger partial charge >= 0.3 is 0 Å². The number of benzene rings is 1. The van der Waals surface area contributed by atoms with Gasteiger partial charge in [0.2, 0.25) is 0 Å². The zero-order valence-corrected chi connectivity index (χ0v) is 14.5. The predicted molar refractivity (Wildman–Crippen MR) is 89.1 cm³/mol. The molecule has 8 heteroatoms. The van der Waals surface area contributed by atoms with E-state index in [1.54, 1.807) is 36.6 Å². The molecule has 0 spiro atoms. The van der Waals surface area contributed by atoms with E-state index in [2.05, 4.69) is 14.7 Å². The van der Waals surface area contributed by atoms with Crippen LogP contribution in [0.5, 0.6) is 0 Å². The van der Waals surface area contributed by atoms with Crippen LogP contribution in [0, 0.1) is 20.8 Å². The first-order valence-corrected chi connectivity index (χ1v) is 9.21. The Bertz CT molecular complexity index is 941. The van der Waals surface area contributed by atoms with Crippen LogP contribution >= 0.6 is 11.3 Å². The molecule has 0 radical (unpaired) electrons. The van der Waals surface area contributed by atoms with Crippen LogP contribution < -0.4 is 4.72 Å². The van der Waals surface area contributed by atoms with Crippen LogP contribution in [0.15, 0.2) is 39.0 Å². The van der Waals surface area contributed by atoms with Crippen molar-refractivity contribution in [3.63, 3.8) is 0 Å². The smallest absolute Gasteiger partial charge is 0.263 e. The van der Waals surface area contributed by atoms with Crippen LogP contribution in [-0.2, 0) is 10.0 Å². The highest BCUT2D eigenvalue weighted by molar-refractivity contribution is 7.93. The van der Waals surface area contributed by atoms with Gasteiger partial charge in [-0.2, -0.15) is 0 Å². The molecule has 23 heavy (non-hydrogen) atoms. The Balaban J connectivity index is 1.88. The summed E-state index contributed by atoms with van der Waals surface area (Å²) in [5, 5.41) is 2.14. The van der Waals surface area contributed by atoms with Crippen molar-refractivity contribution in [2.45, 2.75) is 25.7 Å². The second-order valence-corrected chi connectivity index (χ2v) is 7.60. The van der Waals surface area contributed by atoms with Gasteiger partial charge in [0.1, 0.15) is 11.5 Å². The van der Waals surface area contributed by atoms with E-state index in [1.807, 2.05) is 13.8 Å².